The summed E-state index contributed by atoms with van der Waals surface area (Å²) >= 11 is 3.78. The maximum atomic E-state index is 2.50. The Kier molecular flexibility index (Phi) is 7.34. The van der Waals surface area contributed by atoms with Gasteiger partial charge in [-0.1, -0.05) is 158 Å². The molecule has 0 radical (unpaired) electrons. The molecule has 2 heterocycles. The first kappa shape index (κ1) is 32.5. The molecule has 0 aliphatic carbocycles. The van der Waals surface area contributed by atoms with Crippen molar-refractivity contribution < 1.29 is 0 Å². The lowest BCUT2D eigenvalue weighted by atomic mass is 9.93. The maximum Gasteiger partial charge on any atom is 0.0640 e. The lowest BCUT2D eigenvalue weighted by Crippen LogP contribution is -2.10. The van der Waals surface area contributed by atoms with Gasteiger partial charge in [-0.15, -0.1) is 22.7 Å². The molecule has 0 amide bonds. The van der Waals surface area contributed by atoms with Crippen LogP contribution in [0.15, 0.2) is 200 Å². The number of benzene rings is 10. The number of hydrogen-bond donors (Lipinski definition) is 0. The van der Waals surface area contributed by atoms with Crippen molar-refractivity contribution in [3.63, 3.8) is 0 Å². The molecule has 0 fully saturated rings. The van der Waals surface area contributed by atoms with Crippen molar-refractivity contribution in [1.29, 1.82) is 0 Å². The topological polar surface area (TPSA) is 3.24 Å². The molecule has 3 heteroatoms. The van der Waals surface area contributed by atoms with E-state index < -0.39 is 0 Å². The lowest BCUT2D eigenvalue weighted by Gasteiger charge is -2.27. The molecule has 2 aromatic heterocycles. The van der Waals surface area contributed by atoms with Gasteiger partial charge in [0.2, 0.25) is 0 Å². The van der Waals surface area contributed by atoms with Crippen molar-refractivity contribution in [2.75, 3.05) is 4.90 Å². The molecule has 12 rings (SSSR count). The summed E-state index contributed by atoms with van der Waals surface area (Å²) in [4.78, 5) is 2.50. The largest absolute Gasteiger partial charge is 0.308 e. The van der Waals surface area contributed by atoms with Crippen LogP contribution in [0, 0.1) is 0 Å². The fourth-order valence-corrected chi connectivity index (χ4v) is 11.5. The van der Waals surface area contributed by atoms with Crippen LogP contribution in [0.1, 0.15) is 0 Å². The first-order valence-electron chi connectivity index (χ1n) is 19.4. The van der Waals surface area contributed by atoms with Gasteiger partial charge in [-0.05, 0) is 97.0 Å². The Bertz CT molecular complexity index is 3530. The lowest BCUT2D eigenvalue weighted by molar-refractivity contribution is 1.32. The van der Waals surface area contributed by atoms with Gasteiger partial charge >= 0.3 is 0 Å². The fraction of sp³-hybridized carbons (Fsp3) is 0. The third kappa shape index (κ3) is 5.13. The summed E-state index contributed by atoms with van der Waals surface area (Å²) in [7, 11) is 0. The van der Waals surface area contributed by atoms with E-state index in [0.717, 1.165) is 5.69 Å². The highest BCUT2D eigenvalue weighted by atomic mass is 32.1. The molecule has 1 nitrogen and oxygen atoms in total. The Morgan fingerprint density at radius 1 is 0.298 bits per heavy atom. The van der Waals surface area contributed by atoms with Crippen molar-refractivity contribution in [2.24, 2.45) is 0 Å². The van der Waals surface area contributed by atoms with Gasteiger partial charge in [0, 0.05) is 36.6 Å². The monoisotopic (exact) mass is 759 g/mol. The first-order chi connectivity index (χ1) is 28.3. The third-order valence-corrected chi connectivity index (χ3v) is 14.0. The van der Waals surface area contributed by atoms with Gasteiger partial charge in [-0.2, -0.15) is 0 Å². The average Bonchev–Trinajstić information content (AvgIpc) is 3.85. The third-order valence-electron chi connectivity index (χ3n) is 11.6. The second-order valence-electron chi connectivity index (χ2n) is 14.8. The maximum absolute atomic E-state index is 2.50. The SMILES string of the molecule is c1ccc2c(-c3ccc(N(c4cccc5c4sc4ccccc45)c4cccc5c4sc4cc(-c6cc7ccccc7c7ccccc67)ccc45)cc3)cccc2c1. The minimum Gasteiger partial charge on any atom is -0.308 e. The van der Waals surface area contributed by atoms with Crippen molar-refractivity contribution in [1.82, 2.24) is 0 Å². The van der Waals surface area contributed by atoms with Crippen LogP contribution in [0.25, 0.3) is 94.9 Å². The van der Waals surface area contributed by atoms with Crippen LogP contribution < -0.4 is 4.90 Å². The summed E-state index contributed by atoms with van der Waals surface area (Å²) in [6.45, 7) is 0. The van der Waals surface area contributed by atoms with E-state index in [4.69, 9.17) is 0 Å². The van der Waals surface area contributed by atoms with Crippen LogP contribution in [-0.2, 0) is 0 Å². The zero-order valence-electron chi connectivity index (χ0n) is 30.8. The highest BCUT2D eigenvalue weighted by Gasteiger charge is 2.22. The molecule has 12 aromatic rings. The predicted octanol–water partition coefficient (Wildman–Crippen LogP) is 16.7. The van der Waals surface area contributed by atoms with Crippen LogP contribution in [0.5, 0.6) is 0 Å². The summed E-state index contributed by atoms with van der Waals surface area (Å²) in [6.07, 6.45) is 0. The highest BCUT2D eigenvalue weighted by Crippen LogP contribution is 2.49. The van der Waals surface area contributed by atoms with Crippen LogP contribution in [0.3, 0.4) is 0 Å². The van der Waals surface area contributed by atoms with Gasteiger partial charge in [0.15, 0.2) is 0 Å². The molecule has 0 saturated heterocycles. The second kappa shape index (κ2) is 12.9. The molecular weight excluding hydrogens is 727 g/mol. The van der Waals surface area contributed by atoms with E-state index in [0.29, 0.717) is 0 Å². The normalized spacial score (nSPS) is 11.9. The molecule has 0 N–H and O–H groups in total. The zero-order valence-corrected chi connectivity index (χ0v) is 32.4. The number of nitrogens with zero attached hydrogens (tertiary/aromatic N) is 1. The molecule has 0 spiro atoms. The number of fused-ring (bicyclic) bond motifs is 10. The van der Waals surface area contributed by atoms with Gasteiger partial charge in [-0.25, -0.2) is 0 Å². The fourth-order valence-electron chi connectivity index (χ4n) is 9.00. The molecule has 0 saturated carbocycles. The molecule has 0 unspecified atom stereocenters. The second-order valence-corrected chi connectivity index (χ2v) is 16.9. The van der Waals surface area contributed by atoms with E-state index in [2.05, 4.69) is 205 Å². The van der Waals surface area contributed by atoms with Crippen LogP contribution in [0.2, 0.25) is 0 Å². The smallest absolute Gasteiger partial charge is 0.0640 e. The summed E-state index contributed by atoms with van der Waals surface area (Å²) in [5.41, 5.74) is 8.50. The molecule has 0 aliphatic heterocycles. The summed E-state index contributed by atoms with van der Waals surface area (Å²) in [5.74, 6) is 0. The van der Waals surface area contributed by atoms with Crippen LogP contribution in [-0.4, -0.2) is 0 Å². The van der Waals surface area contributed by atoms with E-state index in [1.807, 2.05) is 22.7 Å². The Hall–Kier alpha value is -6.78. The van der Waals surface area contributed by atoms with Crippen molar-refractivity contribution >= 4 is 112 Å². The molecule has 0 bridgehead atoms. The van der Waals surface area contributed by atoms with E-state index in [-0.39, 0.29) is 0 Å². The Morgan fingerprint density at radius 3 is 1.61 bits per heavy atom. The van der Waals surface area contributed by atoms with E-state index in [1.54, 1.807) is 0 Å². The van der Waals surface area contributed by atoms with Crippen molar-refractivity contribution in [3.8, 4) is 22.3 Å². The Balaban J connectivity index is 1.07. The molecule has 0 aliphatic rings. The van der Waals surface area contributed by atoms with Crippen LogP contribution >= 0.6 is 22.7 Å². The summed E-state index contributed by atoms with van der Waals surface area (Å²) < 4.78 is 5.17. The first-order valence-corrected chi connectivity index (χ1v) is 21.0. The van der Waals surface area contributed by atoms with Crippen LogP contribution in [0.4, 0.5) is 17.1 Å². The van der Waals surface area contributed by atoms with Gasteiger partial charge < -0.3 is 4.90 Å². The van der Waals surface area contributed by atoms with Crippen molar-refractivity contribution in [2.45, 2.75) is 0 Å². The van der Waals surface area contributed by atoms with E-state index in [1.165, 1.54) is 106 Å². The zero-order chi connectivity index (χ0) is 37.5. The molecule has 0 atom stereocenters. The highest BCUT2D eigenvalue weighted by molar-refractivity contribution is 7.27. The standard InChI is InChI=1S/C54H33NS2/c1-3-15-39-34(12-1)14-9-20-40(39)35-26-29-38(30-27-35)55(49-23-10-21-46-44-19-7-8-25-51(44)56-53(46)49)50-24-11-22-47-45-31-28-37(33-52(45)57-54(47)50)48-32-36-13-2-4-16-41(36)42-17-5-6-18-43(42)48/h1-33H. The Labute approximate surface area is 337 Å². The summed E-state index contributed by atoms with van der Waals surface area (Å²) in [5, 5.41) is 12.8. The molecule has 57 heavy (non-hydrogen) atoms. The van der Waals surface area contributed by atoms with E-state index >= 15 is 0 Å². The van der Waals surface area contributed by atoms with Gasteiger partial charge in [0.05, 0.1) is 20.8 Å². The quantitative estimate of drug-likeness (QED) is 0.158. The number of thiophene rings is 2. The number of anilines is 3. The predicted molar refractivity (Wildman–Crippen MR) is 250 cm³/mol. The molecular formula is C54H33NS2. The number of rotatable bonds is 5. The summed E-state index contributed by atoms with van der Waals surface area (Å²) in [6, 6.07) is 73.9. The van der Waals surface area contributed by atoms with Gasteiger partial charge in [-0.3, -0.25) is 0 Å². The minimum absolute atomic E-state index is 1.14. The van der Waals surface area contributed by atoms with E-state index in [9.17, 15) is 0 Å². The van der Waals surface area contributed by atoms with Gasteiger partial charge in [0.25, 0.3) is 0 Å². The van der Waals surface area contributed by atoms with Gasteiger partial charge in [0.1, 0.15) is 0 Å². The molecule has 10 aromatic carbocycles. The minimum atomic E-state index is 1.14. The number of hydrogen-bond acceptors (Lipinski definition) is 3. The Morgan fingerprint density at radius 2 is 0.842 bits per heavy atom. The van der Waals surface area contributed by atoms with Crippen molar-refractivity contribution in [3.05, 3.63) is 200 Å². The average molecular weight is 760 g/mol. The molecule has 266 valence electrons.